The Hall–Kier alpha value is -1.66. The molecule has 6 heteroatoms. The monoisotopic (exact) mass is 225 g/mol. The fraction of sp³-hybridized carbons (Fsp3) is 0.111. The van der Waals surface area contributed by atoms with E-state index in [1.807, 2.05) is 0 Å². The van der Waals surface area contributed by atoms with Crippen LogP contribution in [0, 0.1) is 0 Å². The predicted molar refractivity (Wildman–Crippen MR) is 61.7 cm³/mol. The third-order valence-corrected chi connectivity index (χ3v) is 1.74. The maximum Gasteiger partial charge on any atom is 0.184 e. The van der Waals surface area contributed by atoms with E-state index in [2.05, 4.69) is 22.7 Å². The number of hydrogen-bond donors (Lipinski definition) is 4. The van der Waals surface area contributed by atoms with E-state index in [-0.39, 0.29) is 17.5 Å². The third kappa shape index (κ3) is 3.53. The molecule has 0 aromatic heterocycles. The molecule has 0 aliphatic heterocycles. The van der Waals surface area contributed by atoms with Crippen molar-refractivity contribution in [3.63, 3.8) is 0 Å². The molecule has 1 aromatic carbocycles. The quantitative estimate of drug-likeness (QED) is 0.328. The molecule has 0 fully saturated rings. The first kappa shape index (κ1) is 11.4. The van der Waals surface area contributed by atoms with E-state index in [1.165, 1.54) is 12.1 Å². The molecule has 0 unspecified atom stereocenters. The zero-order valence-electron chi connectivity index (χ0n) is 7.84. The van der Waals surface area contributed by atoms with Crippen LogP contribution in [0.1, 0.15) is 5.56 Å². The molecule has 80 valence electrons. The van der Waals surface area contributed by atoms with E-state index in [0.29, 0.717) is 11.3 Å². The second kappa shape index (κ2) is 5.28. The second-order valence-electron chi connectivity index (χ2n) is 2.74. The zero-order valence-corrected chi connectivity index (χ0v) is 8.66. The van der Waals surface area contributed by atoms with Crippen molar-refractivity contribution in [3.05, 3.63) is 29.8 Å². The number of nitrogens with one attached hydrogen (secondary N) is 1. The van der Waals surface area contributed by atoms with Gasteiger partial charge in [0.25, 0.3) is 0 Å². The number of nitrogens with two attached hydrogens (primary N) is 1. The lowest BCUT2D eigenvalue weighted by molar-refractivity contribution is 0.357. The van der Waals surface area contributed by atoms with E-state index in [4.69, 9.17) is 15.9 Å². The molecular formula is C9H11N3O2S. The fourth-order valence-electron chi connectivity index (χ4n) is 0.968. The first-order chi connectivity index (χ1) is 7.13. The Morgan fingerprint density at radius 3 is 2.47 bits per heavy atom. The van der Waals surface area contributed by atoms with Crippen LogP contribution in [0.2, 0.25) is 0 Å². The number of aliphatic hydroxyl groups excluding tert-OH is 1. The Bertz CT molecular complexity index is 375. The third-order valence-electron chi connectivity index (χ3n) is 1.65. The molecular weight excluding hydrogens is 214 g/mol. The maximum absolute atomic E-state index is 9.07. The zero-order chi connectivity index (χ0) is 11.3. The van der Waals surface area contributed by atoms with E-state index >= 15 is 0 Å². The van der Waals surface area contributed by atoms with Crippen molar-refractivity contribution in [3.8, 4) is 5.75 Å². The Balaban J connectivity index is 2.87. The summed E-state index contributed by atoms with van der Waals surface area (Å²) in [4.78, 5) is 0. The number of aromatic hydroxyl groups is 1. The van der Waals surface area contributed by atoms with Crippen molar-refractivity contribution in [1.82, 2.24) is 5.43 Å². The SMILES string of the molecule is NC(=S)NN=C(CO)c1ccc(O)cc1. The van der Waals surface area contributed by atoms with E-state index in [1.54, 1.807) is 12.1 Å². The summed E-state index contributed by atoms with van der Waals surface area (Å²) >= 11 is 4.57. The normalized spacial score (nSPS) is 11.1. The van der Waals surface area contributed by atoms with Crippen LogP contribution in [0.15, 0.2) is 29.4 Å². The van der Waals surface area contributed by atoms with Crippen LogP contribution in [-0.2, 0) is 0 Å². The van der Waals surface area contributed by atoms with Crippen LogP contribution in [-0.4, -0.2) is 27.6 Å². The van der Waals surface area contributed by atoms with Gasteiger partial charge in [0.15, 0.2) is 5.11 Å². The number of thiocarbonyl (C=S) groups is 1. The summed E-state index contributed by atoms with van der Waals surface area (Å²) in [5, 5.41) is 22.0. The van der Waals surface area contributed by atoms with Crippen LogP contribution in [0.3, 0.4) is 0 Å². The van der Waals surface area contributed by atoms with Crippen LogP contribution >= 0.6 is 12.2 Å². The van der Waals surface area contributed by atoms with Gasteiger partial charge in [0, 0.05) is 5.56 Å². The van der Waals surface area contributed by atoms with Gasteiger partial charge >= 0.3 is 0 Å². The molecule has 0 saturated carbocycles. The summed E-state index contributed by atoms with van der Waals surface area (Å²) in [5.74, 6) is 0.151. The fourth-order valence-corrected chi connectivity index (χ4v) is 1.01. The van der Waals surface area contributed by atoms with Crippen molar-refractivity contribution < 1.29 is 10.2 Å². The highest BCUT2D eigenvalue weighted by molar-refractivity contribution is 7.80. The van der Waals surface area contributed by atoms with Gasteiger partial charge < -0.3 is 15.9 Å². The summed E-state index contributed by atoms with van der Waals surface area (Å²) in [5.41, 5.74) is 8.64. The number of phenolic OH excluding ortho intramolecular Hbond substituents is 1. The Morgan fingerprint density at radius 2 is 2.00 bits per heavy atom. The Labute approximate surface area is 92.2 Å². The summed E-state index contributed by atoms with van der Waals surface area (Å²) in [6.45, 7) is -0.250. The molecule has 15 heavy (non-hydrogen) atoms. The minimum absolute atomic E-state index is 0.0275. The van der Waals surface area contributed by atoms with Crippen LogP contribution in [0.4, 0.5) is 0 Å². The highest BCUT2D eigenvalue weighted by Crippen LogP contribution is 2.10. The lowest BCUT2D eigenvalue weighted by atomic mass is 10.1. The number of benzene rings is 1. The number of aliphatic hydroxyl groups is 1. The first-order valence-corrected chi connectivity index (χ1v) is 4.56. The largest absolute Gasteiger partial charge is 0.508 e. The predicted octanol–water partition coefficient (Wildman–Crippen LogP) is -0.0782. The van der Waals surface area contributed by atoms with Gasteiger partial charge in [-0.05, 0) is 36.5 Å². The van der Waals surface area contributed by atoms with E-state index in [9.17, 15) is 0 Å². The molecule has 0 spiro atoms. The molecule has 0 aliphatic carbocycles. The summed E-state index contributed by atoms with van der Waals surface area (Å²) < 4.78 is 0. The van der Waals surface area contributed by atoms with Gasteiger partial charge in [-0.1, -0.05) is 0 Å². The minimum atomic E-state index is -0.250. The molecule has 5 nitrogen and oxygen atoms in total. The maximum atomic E-state index is 9.07. The van der Waals surface area contributed by atoms with Crippen LogP contribution < -0.4 is 11.2 Å². The van der Waals surface area contributed by atoms with Crippen molar-refractivity contribution in [2.75, 3.05) is 6.61 Å². The lowest BCUT2D eigenvalue weighted by Gasteiger charge is -2.04. The molecule has 5 N–H and O–H groups in total. The standard InChI is InChI=1S/C9H11N3O2S/c10-9(15)12-11-8(5-13)6-1-3-7(14)4-2-6/h1-4,13-14H,5H2,(H3,10,12,15). The first-order valence-electron chi connectivity index (χ1n) is 4.15. The van der Waals surface area contributed by atoms with Gasteiger partial charge in [-0.15, -0.1) is 0 Å². The summed E-state index contributed by atoms with van der Waals surface area (Å²) in [6.07, 6.45) is 0. The molecule has 0 atom stereocenters. The van der Waals surface area contributed by atoms with Crippen molar-refractivity contribution >= 4 is 23.0 Å². The van der Waals surface area contributed by atoms with Crippen molar-refractivity contribution in [2.24, 2.45) is 10.8 Å². The Kier molecular flexibility index (Phi) is 4.02. The van der Waals surface area contributed by atoms with Gasteiger partial charge in [0.2, 0.25) is 0 Å². The number of phenols is 1. The summed E-state index contributed by atoms with van der Waals surface area (Å²) in [7, 11) is 0. The Morgan fingerprint density at radius 1 is 1.40 bits per heavy atom. The average Bonchev–Trinajstić information content (AvgIpc) is 2.21. The molecule has 0 bridgehead atoms. The number of nitrogens with zero attached hydrogens (tertiary/aromatic N) is 1. The van der Waals surface area contributed by atoms with E-state index < -0.39 is 0 Å². The van der Waals surface area contributed by atoms with Crippen LogP contribution in [0.5, 0.6) is 5.75 Å². The highest BCUT2D eigenvalue weighted by Gasteiger charge is 2.02. The number of rotatable bonds is 3. The summed E-state index contributed by atoms with van der Waals surface area (Å²) in [6, 6.07) is 6.26. The molecule has 0 radical (unpaired) electrons. The van der Waals surface area contributed by atoms with Gasteiger partial charge in [-0.2, -0.15) is 5.10 Å². The second-order valence-corrected chi connectivity index (χ2v) is 3.18. The van der Waals surface area contributed by atoms with E-state index in [0.717, 1.165) is 0 Å². The van der Waals surface area contributed by atoms with Crippen molar-refractivity contribution in [1.29, 1.82) is 0 Å². The molecule has 0 saturated heterocycles. The topological polar surface area (TPSA) is 90.9 Å². The molecule has 0 amide bonds. The average molecular weight is 225 g/mol. The number of hydrogen-bond acceptors (Lipinski definition) is 4. The minimum Gasteiger partial charge on any atom is -0.508 e. The van der Waals surface area contributed by atoms with Gasteiger partial charge in [-0.3, -0.25) is 5.43 Å². The van der Waals surface area contributed by atoms with Crippen molar-refractivity contribution in [2.45, 2.75) is 0 Å². The van der Waals surface area contributed by atoms with Crippen LogP contribution in [0.25, 0.3) is 0 Å². The molecule has 1 aromatic rings. The van der Waals surface area contributed by atoms with Gasteiger partial charge in [0.05, 0.1) is 12.3 Å². The molecule has 0 heterocycles. The number of hydrazone groups is 1. The smallest absolute Gasteiger partial charge is 0.184 e. The molecule has 1 rings (SSSR count). The van der Waals surface area contributed by atoms with Gasteiger partial charge in [-0.25, -0.2) is 0 Å². The molecule has 0 aliphatic rings. The lowest BCUT2D eigenvalue weighted by Crippen LogP contribution is -2.26. The highest BCUT2D eigenvalue weighted by atomic mass is 32.1. The van der Waals surface area contributed by atoms with Gasteiger partial charge in [0.1, 0.15) is 5.75 Å².